The lowest BCUT2D eigenvalue weighted by Gasteiger charge is -2.29. The zero-order chi connectivity index (χ0) is 21.2. The van der Waals surface area contributed by atoms with E-state index in [1.54, 1.807) is 23.6 Å². The number of carbonyl (C=O) groups is 2. The monoisotopic (exact) mass is 412 g/mol. The second-order valence-electron chi connectivity index (χ2n) is 7.63. The fourth-order valence-corrected chi connectivity index (χ4v) is 3.84. The zero-order valence-electron chi connectivity index (χ0n) is 17.9. The van der Waals surface area contributed by atoms with Crippen LogP contribution in [-0.4, -0.2) is 34.6 Å². The van der Waals surface area contributed by atoms with Crippen molar-refractivity contribution in [3.8, 4) is 0 Å². The molecule has 0 aromatic heterocycles. The second-order valence-corrected chi connectivity index (χ2v) is 8.74. The third-order valence-corrected chi connectivity index (χ3v) is 5.67. The summed E-state index contributed by atoms with van der Waals surface area (Å²) < 4.78 is 0. The maximum absolute atomic E-state index is 13.0. The zero-order valence-corrected chi connectivity index (χ0v) is 18.7. The maximum Gasteiger partial charge on any atom is 0.242 e. The molecule has 0 aliphatic carbocycles. The molecule has 5 heteroatoms. The molecule has 0 spiro atoms. The van der Waals surface area contributed by atoms with E-state index in [1.807, 2.05) is 63.2 Å². The van der Waals surface area contributed by atoms with Gasteiger partial charge in [0.25, 0.3) is 0 Å². The first-order valence-electron chi connectivity index (χ1n) is 10.1. The van der Waals surface area contributed by atoms with Gasteiger partial charge < -0.3 is 10.2 Å². The van der Waals surface area contributed by atoms with E-state index in [1.165, 1.54) is 11.1 Å². The number of nitrogens with one attached hydrogen (secondary N) is 1. The summed E-state index contributed by atoms with van der Waals surface area (Å²) in [5.41, 5.74) is 3.46. The Morgan fingerprint density at radius 3 is 2.24 bits per heavy atom. The molecule has 1 N–H and O–H groups in total. The molecule has 0 radical (unpaired) electrons. The van der Waals surface area contributed by atoms with E-state index in [0.29, 0.717) is 13.0 Å². The summed E-state index contributed by atoms with van der Waals surface area (Å²) in [6.07, 6.45) is 0.419. The summed E-state index contributed by atoms with van der Waals surface area (Å²) in [6, 6.07) is 17.9. The predicted molar refractivity (Wildman–Crippen MR) is 122 cm³/mol. The van der Waals surface area contributed by atoms with Crippen LogP contribution in [0.5, 0.6) is 0 Å². The van der Waals surface area contributed by atoms with Gasteiger partial charge in [0.15, 0.2) is 0 Å². The summed E-state index contributed by atoms with van der Waals surface area (Å²) in [4.78, 5) is 27.2. The Balaban J connectivity index is 1.99. The van der Waals surface area contributed by atoms with Crippen molar-refractivity contribution < 1.29 is 9.59 Å². The number of rotatable bonds is 10. The van der Waals surface area contributed by atoms with Gasteiger partial charge in [0.05, 0.1) is 0 Å². The van der Waals surface area contributed by atoms with E-state index in [9.17, 15) is 9.59 Å². The number of hydrogen-bond acceptors (Lipinski definition) is 3. The summed E-state index contributed by atoms with van der Waals surface area (Å²) in [5.74, 6) is 1.52. The van der Waals surface area contributed by atoms with E-state index in [2.05, 4.69) is 17.4 Å². The van der Waals surface area contributed by atoms with E-state index >= 15 is 0 Å². The van der Waals surface area contributed by atoms with Crippen LogP contribution in [0.15, 0.2) is 54.6 Å². The van der Waals surface area contributed by atoms with Crippen molar-refractivity contribution in [2.45, 2.75) is 58.5 Å². The van der Waals surface area contributed by atoms with Crippen molar-refractivity contribution in [1.29, 1.82) is 0 Å². The summed E-state index contributed by atoms with van der Waals surface area (Å²) in [7, 11) is 0. The minimum absolute atomic E-state index is 0.0116. The SMILES string of the molecule is Cc1ccc(CN(C(=O)CCSCc2ccccc2)[C@H](C)C(=O)NC(C)C)cc1. The Morgan fingerprint density at radius 1 is 0.966 bits per heavy atom. The van der Waals surface area contributed by atoms with Gasteiger partial charge in [-0.2, -0.15) is 11.8 Å². The molecule has 0 saturated carbocycles. The Bertz CT molecular complexity index is 775. The quantitative estimate of drug-likeness (QED) is 0.582. The van der Waals surface area contributed by atoms with Gasteiger partial charge in [0, 0.05) is 30.5 Å². The van der Waals surface area contributed by atoms with E-state index < -0.39 is 6.04 Å². The number of carbonyl (C=O) groups excluding carboxylic acids is 2. The lowest BCUT2D eigenvalue weighted by Crippen LogP contribution is -2.49. The molecule has 4 nitrogen and oxygen atoms in total. The average Bonchev–Trinajstić information content (AvgIpc) is 2.70. The Morgan fingerprint density at radius 2 is 1.62 bits per heavy atom. The Kier molecular flexibility index (Phi) is 9.26. The molecule has 2 aromatic rings. The first kappa shape index (κ1) is 23.0. The van der Waals surface area contributed by atoms with Gasteiger partial charge in [-0.1, -0.05) is 60.2 Å². The van der Waals surface area contributed by atoms with Crippen LogP contribution in [-0.2, 0) is 21.9 Å². The van der Waals surface area contributed by atoms with Crippen molar-refractivity contribution in [1.82, 2.24) is 10.2 Å². The standard InChI is InChI=1S/C24H32N2O2S/c1-18(2)25-24(28)20(4)26(16-21-12-10-19(3)11-13-21)23(27)14-15-29-17-22-8-6-5-7-9-22/h5-13,18,20H,14-17H2,1-4H3,(H,25,28)/t20-/m1/s1. The van der Waals surface area contributed by atoms with Gasteiger partial charge in [0.1, 0.15) is 6.04 Å². The van der Waals surface area contributed by atoms with Crippen molar-refractivity contribution in [2.75, 3.05) is 5.75 Å². The fourth-order valence-electron chi connectivity index (χ4n) is 2.95. The van der Waals surface area contributed by atoms with Crippen LogP contribution in [0.1, 0.15) is 43.9 Å². The molecule has 0 bridgehead atoms. The smallest absolute Gasteiger partial charge is 0.242 e. The fraction of sp³-hybridized carbons (Fsp3) is 0.417. The maximum atomic E-state index is 13.0. The number of aryl methyl sites for hydroxylation is 1. The molecule has 0 aliphatic heterocycles. The highest BCUT2D eigenvalue weighted by atomic mass is 32.2. The number of thioether (sulfide) groups is 1. The van der Waals surface area contributed by atoms with Crippen LogP contribution in [0, 0.1) is 6.92 Å². The molecule has 0 fully saturated rings. The summed E-state index contributed by atoms with van der Waals surface area (Å²) >= 11 is 1.74. The van der Waals surface area contributed by atoms with Gasteiger partial charge in [-0.3, -0.25) is 9.59 Å². The molecular formula is C24H32N2O2S. The minimum atomic E-state index is -0.509. The summed E-state index contributed by atoms with van der Waals surface area (Å²) in [5, 5.41) is 2.92. The van der Waals surface area contributed by atoms with Crippen LogP contribution in [0.4, 0.5) is 0 Å². The Labute approximate surface area is 179 Å². The first-order chi connectivity index (χ1) is 13.9. The molecule has 156 valence electrons. The Hall–Kier alpha value is -2.27. The topological polar surface area (TPSA) is 49.4 Å². The molecule has 1 atom stereocenters. The molecule has 0 aliphatic rings. The number of hydrogen-bond donors (Lipinski definition) is 1. The normalized spacial score (nSPS) is 11.9. The van der Waals surface area contributed by atoms with Crippen LogP contribution < -0.4 is 5.32 Å². The average molecular weight is 413 g/mol. The number of amides is 2. The second kappa shape index (κ2) is 11.7. The van der Waals surface area contributed by atoms with Crippen LogP contribution in [0.25, 0.3) is 0 Å². The lowest BCUT2D eigenvalue weighted by molar-refractivity contribution is -0.140. The first-order valence-corrected chi connectivity index (χ1v) is 11.3. The van der Waals surface area contributed by atoms with Crippen molar-refractivity contribution in [3.05, 3.63) is 71.3 Å². The number of benzene rings is 2. The molecule has 0 heterocycles. The van der Waals surface area contributed by atoms with Crippen LogP contribution in [0.3, 0.4) is 0 Å². The molecule has 2 rings (SSSR count). The largest absolute Gasteiger partial charge is 0.352 e. The molecular weight excluding hydrogens is 380 g/mol. The lowest BCUT2D eigenvalue weighted by atomic mass is 10.1. The van der Waals surface area contributed by atoms with Gasteiger partial charge in [-0.05, 0) is 38.8 Å². The van der Waals surface area contributed by atoms with E-state index in [0.717, 1.165) is 17.1 Å². The van der Waals surface area contributed by atoms with Crippen LogP contribution >= 0.6 is 11.8 Å². The predicted octanol–water partition coefficient (Wildman–Crippen LogP) is 4.56. The van der Waals surface area contributed by atoms with Crippen molar-refractivity contribution in [2.24, 2.45) is 0 Å². The van der Waals surface area contributed by atoms with E-state index in [-0.39, 0.29) is 17.9 Å². The molecule has 2 amide bonds. The van der Waals surface area contributed by atoms with Gasteiger partial charge in [-0.25, -0.2) is 0 Å². The minimum Gasteiger partial charge on any atom is -0.352 e. The molecule has 0 unspecified atom stereocenters. The van der Waals surface area contributed by atoms with E-state index in [4.69, 9.17) is 0 Å². The third-order valence-electron chi connectivity index (χ3n) is 4.64. The molecule has 0 saturated heterocycles. The highest BCUT2D eigenvalue weighted by Crippen LogP contribution is 2.16. The van der Waals surface area contributed by atoms with Gasteiger partial charge in [0.2, 0.25) is 11.8 Å². The van der Waals surface area contributed by atoms with Crippen LogP contribution in [0.2, 0.25) is 0 Å². The highest BCUT2D eigenvalue weighted by Gasteiger charge is 2.26. The van der Waals surface area contributed by atoms with Crippen molar-refractivity contribution in [3.63, 3.8) is 0 Å². The third kappa shape index (κ3) is 7.94. The highest BCUT2D eigenvalue weighted by molar-refractivity contribution is 7.98. The summed E-state index contributed by atoms with van der Waals surface area (Å²) in [6.45, 7) is 8.14. The number of nitrogens with zero attached hydrogens (tertiary/aromatic N) is 1. The van der Waals surface area contributed by atoms with Crippen molar-refractivity contribution >= 4 is 23.6 Å². The molecule has 2 aromatic carbocycles. The molecule has 29 heavy (non-hydrogen) atoms. The van der Waals surface area contributed by atoms with Gasteiger partial charge in [-0.15, -0.1) is 0 Å². The van der Waals surface area contributed by atoms with Gasteiger partial charge >= 0.3 is 0 Å².